The number of amides is 1. The summed E-state index contributed by atoms with van der Waals surface area (Å²) in [4.78, 5) is 12.5. The van der Waals surface area contributed by atoms with Crippen molar-refractivity contribution in [1.82, 2.24) is 5.32 Å². The third-order valence-corrected chi connectivity index (χ3v) is 4.70. The SMILES string of the molecule is CCNC(=O)SCCOc1ccc(SC(C)CC)cc1. The molecule has 0 aliphatic carbocycles. The molecule has 1 amide bonds. The van der Waals surface area contributed by atoms with Gasteiger partial charge in [-0.1, -0.05) is 25.6 Å². The zero-order valence-corrected chi connectivity index (χ0v) is 14.0. The molecular formula is C15H23NO2S2. The molecule has 0 aliphatic rings. The maximum atomic E-state index is 11.2. The van der Waals surface area contributed by atoms with Gasteiger partial charge >= 0.3 is 0 Å². The molecule has 0 bridgehead atoms. The Labute approximate surface area is 130 Å². The molecule has 1 aromatic carbocycles. The van der Waals surface area contributed by atoms with Crippen molar-refractivity contribution in [3.05, 3.63) is 24.3 Å². The summed E-state index contributed by atoms with van der Waals surface area (Å²) in [5, 5.41) is 3.39. The van der Waals surface area contributed by atoms with E-state index in [0.717, 1.165) is 5.75 Å². The summed E-state index contributed by atoms with van der Waals surface area (Å²) >= 11 is 3.13. The van der Waals surface area contributed by atoms with E-state index < -0.39 is 0 Å². The van der Waals surface area contributed by atoms with Crippen molar-refractivity contribution < 1.29 is 9.53 Å². The lowest BCUT2D eigenvalue weighted by molar-refractivity contribution is 0.261. The second-order valence-corrected chi connectivity index (χ2v) is 6.90. The van der Waals surface area contributed by atoms with Crippen LogP contribution < -0.4 is 10.1 Å². The first-order valence-corrected chi connectivity index (χ1v) is 8.82. The van der Waals surface area contributed by atoms with E-state index in [-0.39, 0.29) is 5.24 Å². The molecule has 0 aliphatic heterocycles. The molecule has 20 heavy (non-hydrogen) atoms. The summed E-state index contributed by atoms with van der Waals surface area (Å²) < 4.78 is 5.61. The van der Waals surface area contributed by atoms with Crippen LogP contribution in [0.5, 0.6) is 5.75 Å². The lowest BCUT2D eigenvalue weighted by Gasteiger charge is -2.09. The number of nitrogens with one attached hydrogen (secondary N) is 1. The van der Waals surface area contributed by atoms with Crippen LogP contribution >= 0.6 is 23.5 Å². The Kier molecular flexibility index (Phi) is 8.62. The normalized spacial score (nSPS) is 11.9. The summed E-state index contributed by atoms with van der Waals surface area (Å²) in [7, 11) is 0. The Morgan fingerprint density at radius 3 is 2.60 bits per heavy atom. The molecule has 1 aromatic rings. The fourth-order valence-electron chi connectivity index (χ4n) is 1.42. The van der Waals surface area contributed by atoms with Gasteiger partial charge in [-0.2, -0.15) is 0 Å². The molecule has 0 heterocycles. The number of hydrogen-bond donors (Lipinski definition) is 1. The van der Waals surface area contributed by atoms with E-state index in [1.54, 1.807) is 0 Å². The number of ether oxygens (including phenoxy) is 1. The second-order valence-electron chi connectivity index (χ2n) is 4.32. The Hall–Kier alpha value is -0.810. The Morgan fingerprint density at radius 2 is 2.00 bits per heavy atom. The molecule has 0 saturated heterocycles. The van der Waals surface area contributed by atoms with Crippen molar-refractivity contribution in [2.24, 2.45) is 0 Å². The second kappa shape index (κ2) is 10.00. The van der Waals surface area contributed by atoms with Gasteiger partial charge in [0.25, 0.3) is 5.24 Å². The summed E-state index contributed by atoms with van der Waals surface area (Å²) in [6, 6.07) is 8.15. The van der Waals surface area contributed by atoms with Gasteiger partial charge in [0.15, 0.2) is 0 Å². The number of thioether (sulfide) groups is 2. The van der Waals surface area contributed by atoms with Crippen LogP contribution in [0.15, 0.2) is 29.2 Å². The van der Waals surface area contributed by atoms with Crippen LogP contribution in [-0.4, -0.2) is 29.4 Å². The standard InChI is InChI=1S/C15H23NO2S2/c1-4-12(3)20-14-8-6-13(7-9-14)18-10-11-19-15(17)16-5-2/h6-9,12H,4-5,10-11H2,1-3H3,(H,16,17). The smallest absolute Gasteiger partial charge is 0.279 e. The van der Waals surface area contributed by atoms with Crippen LogP contribution in [0.1, 0.15) is 27.2 Å². The Bertz CT molecular complexity index is 395. The van der Waals surface area contributed by atoms with E-state index in [1.807, 2.05) is 30.8 Å². The molecule has 3 nitrogen and oxygen atoms in total. The van der Waals surface area contributed by atoms with Gasteiger partial charge in [0, 0.05) is 22.4 Å². The van der Waals surface area contributed by atoms with Gasteiger partial charge in [0.05, 0.1) is 6.61 Å². The monoisotopic (exact) mass is 313 g/mol. The van der Waals surface area contributed by atoms with Crippen molar-refractivity contribution in [3.63, 3.8) is 0 Å². The molecule has 0 radical (unpaired) electrons. The Morgan fingerprint density at radius 1 is 1.30 bits per heavy atom. The van der Waals surface area contributed by atoms with Crippen molar-refractivity contribution in [1.29, 1.82) is 0 Å². The highest BCUT2D eigenvalue weighted by molar-refractivity contribution is 8.13. The quantitative estimate of drug-likeness (QED) is 0.569. The minimum atomic E-state index is 0.0106. The zero-order chi connectivity index (χ0) is 14.8. The van der Waals surface area contributed by atoms with Crippen LogP contribution in [0.3, 0.4) is 0 Å². The summed E-state index contributed by atoms with van der Waals surface area (Å²) in [6.45, 7) is 7.55. The minimum absolute atomic E-state index is 0.0106. The van der Waals surface area contributed by atoms with E-state index in [4.69, 9.17) is 4.74 Å². The molecule has 1 N–H and O–H groups in total. The minimum Gasteiger partial charge on any atom is -0.493 e. The van der Waals surface area contributed by atoms with Gasteiger partial charge in [0.1, 0.15) is 5.75 Å². The first-order chi connectivity index (χ1) is 9.65. The van der Waals surface area contributed by atoms with Gasteiger partial charge in [-0.15, -0.1) is 11.8 Å². The van der Waals surface area contributed by atoms with Crippen LogP contribution in [0.25, 0.3) is 0 Å². The number of carbonyl (C=O) groups excluding carboxylic acids is 1. The van der Waals surface area contributed by atoms with E-state index in [0.29, 0.717) is 24.2 Å². The summed E-state index contributed by atoms with van der Waals surface area (Å²) in [6.07, 6.45) is 1.17. The highest BCUT2D eigenvalue weighted by Crippen LogP contribution is 2.26. The molecule has 5 heteroatoms. The van der Waals surface area contributed by atoms with Crippen LogP contribution in [0, 0.1) is 0 Å². The summed E-state index contributed by atoms with van der Waals surface area (Å²) in [5.41, 5.74) is 0. The third kappa shape index (κ3) is 7.10. The maximum absolute atomic E-state index is 11.2. The molecule has 0 saturated carbocycles. The average Bonchev–Trinajstić information content (AvgIpc) is 2.45. The molecule has 1 atom stereocenters. The highest BCUT2D eigenvalue weighted by Gasteiger charge is 2.03. The molecule has 112 valence electrons. The van der Waals surface area contributed by atoms with E-state index in [9.17, 15) is 4.79 Å². The molecule has 1 rings (SSSR count). The predicted molar refractivity (Wildman–Crippen MR) is 89.1 cm³/mol. The largest absolute Gasteiger partial charge is 0.493 e. The first-order valence-electron chi connectivity index (χ1n) is 6.95. The number of rotatable bonds is 8. The van der Waals surface area contributed by atoms with Gasteiger partial charge in [-0.3, -0.25) is 4.79 Å². The average molecular weight is 313 g/mol. The van der Waals surface area contributed by atoms with Gasteiger partial charge in [-0.25, -0.2) is 0 Å². The topological polar surface area (TPSA) is 38.3 Å². The lowest BCUT2D eigenvalue weighted by Crippen LogP contribution is -2.18. The van der Waals surface area contributed by atoms with Gasteiger partial charge in [-0.05, 0) is 37.6 Å². The maximum Gasteiger partial charge on any atom is 0.279 e. The zero-order valence-electron chi connectivity index (χ0n) is 12.3. The van der Waals surface area contributed by atoms with Crippen molar-refractivity contribution in [3.8, 4) is 5.75 Å². The van der Waals surface area contributed by atoms with Crippen LogP contribution in [-0.2, 0) is 0 Å². The molecule has 1 unspecified atom stereocenters. The molecule has 0 aromatic heterocycles. The van der Waals surface area contributed by atoms with E-state index >= 15 is 0 Å². The highest BCUT2D eigenvalue weighted by atomic mass is 32.2. The molecule has 0 spiro atoms. The molecule has 0 fully saturated rings. The van der Waals surface area contributed by atoms with Crippen molar-refractivity contribution in [2.45, 2.75) is 37.3 Å². The number of carbonyl (C=O) groups is 1. The predicted octanol–water partition coefficient (Wildman–Crippen LogP) is 4.42. The first kappa shape index (κ1) is 17.2. The Balaban J connectivity index is 2.26. The van der Waals surface area contributed by atoms with Crippen LogP contribution in [0.2, 0.25) is 0 Å². The fourth-order valence-corrected chi connectivity index (χ4v) is 2.94. The molecular weight excluding hydrogens is 290 g/mol. The summed E-state index contributed by atoms with van der Waals surface area (Å²) in [5.74, 6) is 1.52. The van der Waals surface area contributed by atoms with Gasteiger partial charge < -0.3 is 10.1 Å². The van der Waals surface area contributed by atoms with Crippen molar-refractivity contribution in [2.75, 3.05) is 18.9 Å². The number of benzene rings is 1. The fraction of sp³-hybridized carbons (Fsp3) is 0.533. The third-order valence-electron chi connectivity index (χ3n) is 2.64. The van der Waals surface area contributed by atoms with E-state index in [2.05, 4.69) is 31.3 Å². The van der Waals surface area contributed by atoms with E-state index in [1.165, 1.54) is 23.1 Å². The lowest BCUT2D eigenvalue weighted by atomic mass is 10.3. The number of hydrogen-bond acceptors (Lipinski definition) is 4. The van der Waals surface area contributed by atoms with Crippen LogP contribution in [0.4, 0.5) is 4.79 Å². The van der Waals surface area contributed by atoms with Gasteiger partial charge in [0.2, 0.25) is 0 Å². The van der Waals surface area contributed by atoms with Crippen molar-refractivity contribution >= 4 is 28.8 Å².